The Bertz CT molecular complexity index is 613. The lowest BCUT2D eigenvalue weighted by Gasteiger charge is -2.24. The number of carbonyl (C=O) groups is 1. The van der Waals surface area contributed by atoms with E-state index in [0.717, 1.165) is 18.4 Å². The molecule has 0 saturated carbocycles. The fourth-order valence-electron chi connectivity index (χ4n) is 3.10. The Balaban J connectivity index is 1.66. The van der Waals surface area contributed by atoms with E-state index in [9.17, 15) is 4.79 Å². The summed E-state index contributed by atoms with van der Waals surface area (Å²) in [4.78, 5) is 12.3. The van der Waals surface area contributed by atoms with E-state index in [1.807, 2.05) is 30.3 Å². The maximum atomic E-state index is 12.3. The topological polar surface area (TPSA) is 17.1 Å². The average molecular weight is 276 g/mol. The molecular formula is C20H20O. The van der Waals surface area contributed by atoms with Gasteiger partial charge in [0, 0.05) is 12.0 Å². The molecule has 0 heterocycles. The molecule has 1 aliphatic carbocycles. The summed E-state index contributed by atoms with van der Waals surface area (Å²) in [5.74, 6) is 1.15. The maximum absolute atomic E-state index is 12.3. The smallest absolute Gasteiger partial charge is 0.163 e. The predicted octanol–water partition coefficient (Wildman–Crippen LogP) is 5.01. The molecule has 0 saturated heterocycles. The van der Waals surface area contributed by atoms with Crippen molar-refractivity contribution in [3.8, 4) is 0 Å². The molecule has 2 aromatic rings. The number of benzene rings is 2. The van der Waals surface area contributed by atoms with Crippen LogP contribution in [-0.4, -0.2) is 5.78 Å². The lowest BCUT2D eigenvalue weighted by molar-refractivity contribution is 0.0965. The monoisotopic (exact) mass is 276 g/mol. The second kappa shape index (κ2) is 6.53. The van der Waals surface area contributed by atoms with Crippen molar-refractivity contribution in [1.29, 1.82) is 0 Å². The Hall–Kier alpha value is -2.15. The molecule has 2 aromatic carbocycles. The summed E-state index contributed by atoms with van der Waals surface area (Å²) < 4.78 is 0. The Kier molecular flexibility index (Phi) is 4.30. The maximum Gasteiger partial charge on any atom is 0.163 e. The van der Waals surface area contributed by atoms with Gasteiger partial charge in [0.05, 0.1) is 0 Å². The number of allylic oxidation sites excluding steroid dienone is 2. The Labute approximate surface area is 126 Å². The summed E-state index contributed by atoms with van der Waals surface area (Å²) in [7, 11) is 0. The van der Waals surface area contributed by atoms with E-state index in [0.29, 0.717) is 18.3 Å². The van der Waals surface area contributed by atoms with Crippen molar-refractivity contribution in [3.05, 3.63) is 83.9 Å². The molecule has 2 atom stereocenters. The number of rotatable bonds is 4. The van der Waals surface area contributed by atoms with Crippen molar-refractivity contribution in [1.82, 2.24) is 0 Å². The average Bonchev–Trinajstić information content (AvgIpc) is 2.57. The van der Waals surface area contributed by atoms with Gasteiger partial charge in [0.25, 0.3) is 0 Å². The molecule has 21 heavy (non-hydrogen) atoms. The molecule has 0 aliphatic heterocycles. The van der Waals surface area contributed by atoms with E-state index < -0.39 is 0 Å². The van der Waals surface area contributed by atoms with Crippen LogP contribution >= 0.6 is 0 Å². The zero-order chi connectivity index (χ0) is 14.5. The summed E-state index contributed by atoms with van der Waals surface area (Å²) in [6.07, 6.45) is 7.23. The summed E-state index contributed by atoms with van der Waals surface area (Å²) in [5.41, 5.74) is 2.21. The molecule has 0 fully saturated rings. The van der Waals surface area contributed by atoms with Crippen molar-refractivity contribution < 1.29 is 4.79 Å². The largest absolute Gasteiger partial charge is 0.294 e. The van der Waals surface area contributed by atoms with Crippen molar-refractivity contribution >= 4 is 5.78 Å². The van der Waals surface area contributed by atoms with Gasteiger partial charge < -0.3 is 0 Å². The van der Waals surface area contributed by atoms with E-state index in [-0.39, 0.29) is 5.78 Å². The van der Waals surface area contributed by atoms with E-state index in [2.05, 4.69) is 42.5 Å². The van der Waals surface area contributed by atoms with Crippen molar-refractivity contribution in [2.24, 2.45) is 5.92 Å². The van der Waals surface area contributed by atoms with Crippen LogP contribution in [0.1, 0.15) is 41.1 Å². The van der Waals surface area contributed by atoms with E-state index in [1.54, 1.807) is 0 Å². The normalized spacial score (nSPS) is 21.1. The van der Waals surface area contributed by atoms with E-state index in [1.165, 1.54) is 5.56 Å². The van der Waals surface area contributed by atoms with Crippen LogP contribution in [-0.2, 0) is 0 Å². The predicted molar refractivity (Wildman–Crippen MR) is 86.4 cm³/mol. The fourth-order valence-corrected chi connectivity index (χ4v) is 3.10. The molecule has 1 unspecified atom stereocenters. The lowest BCUT2D eigenvalue weighted by atomic mass is 9.80. The second-order valence-electron chi connectivity index (χ2n) is 5.76. The molecule has 0 aromatic heterocycles. The first kappa shape index (κ1) is 13.8. The lowest BCUT2D eigenvalue weighted by Crippen LogP contribution is -2.14. The zero-order valence-electron chi connectivity index (χ0n) is 12.1. The second-order valence-corrected chi connectivity index (χ2v) is 5.76. The summed E-state index contributed by atoms with van der Waals surface area (Å²) in [6.45, 7) is 0. The molecule has 0 N–H and O–H groups in total. The number of ketones is 1. The SMILES string of the molecule is O=C(CC1C=CC[C@H](c2ccccc2)C1)c1ccccc1. The van der Waals surface area contributed by atoms with Crippen molar-refractivity contribution in [2.45, 2.75) is 25.2 Å². The first-order chi connectivity index (χ1) is 10.3. The van der Waals surface area contributed by atoms with Crippen molar-refractivity contribution in [2.75, 3.05) is 0 Å². The molecule has 3 rings (SSSR count). The van der Waals surface area contributed by atoms with Gasteiger partial charge in [-0.3, -0.25) is 4.79 Å². The summed E-state index contributed by atoms with van der Waals surface area (Å²) >= 11 is 0. The van der Waals surface area contributed by atoms with Crippen LogP contribution in [0.2, 0.25) is 0 Å². The van der Waals surface area contributed by atoms with Crippen LogP contribution in [0.25, 0.3) is 0 Å². The third-order valence-electron chi connectivity index (χ3n) is 4.23. The minimum absolute atomic E-state index is 0.249. The standard InChI is InChI=1S/C20H20O/c21-20(18-11-5-2-6-12-18)15-16-8-7-13-19(14-16)17-9-3-1-4-10-17/h1-12,16,19H,13-15H2/t16?,19-/m0/s1. The Morgan fingerprint density at radius 2 is 1.62 bits per heavy atom. The summed E-state index contributed by atoms with van der Waals surface area (Å²) in [5, 5.41) is 0. The third kappa shape index (κ3) is 3.49. The highest BCUT2D eigenvalue weighted by Gasteiger charge is 2.21. The number of hydrogen-bond acceptors (Lipinski definition) is 1. The Morgan fingerprint density at radius 1 is 0.952 bits per heavy atom. The first-order valence-corrected chi connectivity index (χ1v) is 7.63. The quantitative estimate of drug-likeness (QED) is 0.566. The number of hydrogen-bond donors (Lipinski definition) is 0. The van der Waals surface area contributed by atoms with E-state index in [4.69, 9.17) is 0 Å². The highest BCUT2D eigenvalue weighted by molar-refractivity contribution is 5.96. The molecular weight excluding hydrogens is 256 g/mol. The van der Waals surface area contributed by atoms with Crippen LogP contribution < -0.4 is 0 Å². The van der Waals surface area contributed by atoms with Gasteiger partial charge in [-0.1, -0.05) is 72.8 Å². The van der Waals surface area contributed by atoms with E-state index >= 15 is 0 Å². The molecule has 0 amide bonds. The molecule has 1 aliphatic rings. The molecule has 106 valence electrons. The Morgan fingerprint density at radius 3 is 2.33 bits per heavy atom. The van der Waals surface area contributed by atoms with Crippen LogP contribution in [0, 0.1) is 5.92 Å². The van der Waals surface area contributed by atoms with Gasteiger partial charge in [0.15, 0.2) is 5.78 Å². The molecule has 1 nitrogen and oxygen atoms in total. The van der Waals surface area contributed by atoms with Crippen LogP contribution in [0.5, 0.6) is 0 Å². The summed E-state index contributed by atoms with van der Waals surface area (Å²) in [6, 6.07) is 20.2. The number of carbonyl (C=O) groups excluding carboxylic acids is 1. The highest BCUT2D eigenvalue weighted by Crippen LogP contribution is 2.34. The number of Topliss-reactive ketones (excluding diaryl/α,β-unsaturated/α-hetero) is 1. The van der Waals surface area contributed by atoms with Gasteiger partial charge >= 0.3 is 0 Å². The van der Waals surface area contributed by atoms with Gasteiger partial charge in [-0.15, -0.1) is 0 Å². The molecule has 0 radical (unpaired) electrons. The van der Waals surface area contributed by atoms with Crippen LogP contribution in [0.15, 0.2) is 72.8 Å². The van der Waals surface area contributed by atoms with Crippen LogP contribution in [0.4, 0.5) is 0 Å². The molecule has 1 heteroatoms. The third-order valence-corrected chi connectivity index (χ3v) is 4.23. The zero-order valence-corrected chi connectivity index (χ0v) is 12.1. The van der Waals surface area contributed by atoms with Gasteiger partial charge in [-0.25, -0.2) is 0 Å². The highest BCUT2D eigenvalue weighted by atomic mass is 16.1. The van der Waals surface area contributed by atoms with Crippen LogP contribution in [0.3, 0.4) is 0 Å². The van der Waals surface area contributed by atoms with Gasteiger partial charge in [0.1, 0.15) is 0 Å². The first-order valence-electron chi connectivity index (χ1n) is 7.63. The fraction of sp³-hybridized carbons (Fsp3) is 0.250. The van der Waals surface area contributed by atoms with Gasteiger partial charge in [-0.05, 0) is 30.2 Å². The molecule has 0 bridgehead atoms. The minimum atomic E-state index is 0.249. The molecule has 0 spiro atoms. The van der Waals surface area contributed by atoms with Gasteiger partial charge in [0.2, 0.25) is 0 Å². The van der Waals surface area contributed by atoms with Gasteiger partial charge in [-0.2, -0.15) is 0 Å². The van der Waals surface area contributed by atoms with Crippen molar-refractivity contribution in [3.63, 3.8) is 0 Å². The minimum Gasteiger partial charge on any atom is -0.294 e.